The Kier molecular flexibility index (Phi) is 4.95. The maximum absolute atomic E-state index is 9.80. The van der Waals surface area contributed by atoms with Crippen molar-refractivity contribution < 1.29 is 9.84 Å². The summed E-state index contributed by atoms with van der Waals surface area (Å²) in [5.74, 6) is 0.905. The highest BCUT2D eigenvalue weighted by atomic mass is 16.5. The van der Waals surface area contributed by atoms with Gasteiger partial charge in [-0.25, -0.2) is 9.67 Å². The van der Waals surface area contributed by atoms with Crippen molar-refractivity contribution in [2.24, 2.45) is 7.05 Å². The van der Waals surface area contributed by atoms with Gasteiger partial charge in [0.05, 0.1) is 42.9 Å². The molecule has 160 valence electrons. The molecule has 3 aromatic heterocycles. The number of nitrogens with zero attached hydrogens (tertiary/aromatic N) is 5. The van der Waals surface area contributed by atoms with E-state index < -0.39 is 0 Å². The van der Waals surface area contributed by atoms with Crippen molar-refractivity contribution in [2.45, 2.75) is 26.5 Å². The van der Waals surface area contributed by atoms with Crippen LogP contribution in [0.2, 0.25) is 0 Å². The molecule has 1 aromatic carbocycles. The monoisotopic (exact) mass is 418 g/mol. The average molecular weight is 419 g/mol. The topological polar surface area (TPSA) is 92.1 Å². The van der Waals surface area contributed by atoms with Gasteiger partial charge in [0.1, 0.15) is 5.82 Å². The van der Waals surface area contributed by atoms with Gasteiger partial charge in [-0.2, -0.15) is 0 Å². The highest BCUT2D eigenvalue weighted by Gasteiger charge is 2.23. The fourth-order valence-corrected chi connectivity index (χ4v) is 4.39. The fraction of sp³-hybridized carbons (Fsp3) is 0.348. The van der Waals surface area contributed by atoms with E-state index in [0.717, 1.165) is 57.0 Å². The number of hydrogen-bond donors (Lipinski definition) is 2. The Labute approximate surface area is 180 Å². The molecule has 1 saturated heterocycles. The summed E-state index contributed by atoms with van der Waals surface area (Å²) in [6, 6.07) is 10.5. The van der Waals surface area contributed by atoms with Gasteiger partial charge in [0.25, 0.3) is 0 Å². The number of aromatic amines is 1. The molecule has 8 heteroatoms. The van der Waals surface area contributed by atoms with Gasteiger partial charge in [-0.05, 0) is 49.7 Å². The third kappa shape index (κ3) is 3.47. The van der Waals surface area contributed by atoms with E-state index in [1.807, 2.05) is 38.4 Å². The molecule has 4 heterocycles. The van der Waals surface area contributed by atoms with E-state index in [9.17, 15) is 5.11 Å². The van der Waals surface area contributed by atoms with Crippen LogP contribution in [0.15, 0.2) is 36.5 Å². The summed E-state index contributed by atoms with van der Waals surface area (Å²) < 4.78 is 7.44. The molecular formula is C23H26N6O2. The Morgan fingerprint density at radius 3 is 2.87 bits per heavy atom. The lowest BCUT2D eigenvalue weighted by atomic mass is 10.0. The zero-order valence-corrected chi connectivity index (χ0v) is 18.0. The van der Waals surface area contributed by atoms with Crippen LogP contribution in [0.3, 0.4) is 0 Å². The molecule has 1 atom stereocenters. The van der Waals surface area contributed by atoms with Gasteiger partial charge in [0, 0.05) is 41.8 Å². The number of pyridine rings is 1. The van der Waals surface area contributed by atoms with Gasteiger partial charge in [-0.15, -0.1) is 5.10 Å². The third-order valence-electron chi connectivity index (χ3n) is 5.93. The van der Waals surface area contributed by atoms with Crippen LogP contribution in [0.5, 0.6) is 0 Å². The first-order valence-corrected chi connectivity index (χ1v) is 10.5. The van der Waals surface area contributed by atoms with E-state index in [1.165, 1.54) is 0 Å². The second kappa shape index (κ2) is 7.79. The summed E-state index contributed by atoms with van der Waals surface area (Å²) in [4.78, 5) is 10.6. The van der Waals surface area contributed by atoms with Crippen LogP contribution in [0.25, 0.3) is 33.4 Å². The van der Waals surface area contributed by atoms with Crippen molar-refractivity contribution in [3.05, 3.63) is 47.8 Å². The molecule has 8 nitrogen and oxygen atoms in total. The lowest BCUT2D eigenvalue weighted by Gasteiger charge is -2.34. The predicted octanol–water partition coefficient (Wildman–Crippen LogP) is 3.05. The quantitative estimate of drug-likeness (QED) is 0.529. The van der Waals surface area contributed by atoms with Crippen LogP contribution >= 0.6 is 0 Å². The molecule has 1 aliphatic heterocycles. The Morgan fingerprint density at radius 2 is 2.13 bits per heavy atom. The fourth-order valence-electron chi connectivity index (χ4n) is 4.39. The minimum Gasteiger partial charge on any atom is -0.392 e. The largest absolute Gasteiger partial charge is 0.392 e. The summed E-state index contributed by atoms with van der Waals surface area (Å²) in [6.45, 7) is 6.24. The standard InChI is InChI=1S/C23H26N6O2/c1-14-13-31-7-6-29(14)22-11-17(23-15(2)26-27-28(23)3)10-21(25-22)19-8-16(12-30)9-20-18(19)4-5-24-20/h4-5,8-11,14,24,30H,6-7,12-13H2,1-3H3/t14-/m1/s1. The Bertz CT molecular complexity index is 1220. The second-order valence-electron chi connectivity index (χ2n) is 8.10. The zero-order chi connectivity index (χ0) is 21.5. The molecule has 0 saturated carbocycles. The molecule has 2 N–H and O–H groups in total. The van der Waals surface area contributed by atoms with Crippen LogP contribution in [-0.2, 0) is 18.4 Å². The van der Waals surface area contributed by atoms with Crippen molar-refractivity contribution in [2.75, 3.05) is 24.7 Å². The van der Waals surface area contributed by atoms with E-state index in [1.54, 1.807) is 4.68 Å². The number of ether oxygens (including phenoxy) is 1. The highest BCUT2D eigenvalue weighted by Crippen LogP contribution is 2.35. The SMILES string of the molecule is Cc1nnn(C)c1-c1cc(-c2cc(CO)cc3[nH]ccc23)nc(N2CCOC[C@H]2C)c1. The number of fused-ring (bicyclic) bond motifs is 1. The first-order chi connectivity index (χ1) is 15.0. The lowest BCUT2D eigenvalue weighted by molar-refractivity contribution is 0.0985. The molecule has 0 aliphatic carbocycles. The van der Waals surface area contributed by atoms with Gasteiger partial charge in [-0.1, -0.05) is 5.21 Å². The smallest absolute Gasteiger partial charge is 0.130 e. The maximum atomic E-state index is 9.80. The predicted molar refractivity (Wildman–Crippen MR) is 120 cm³/mol. The third-order valence-corrected chi connectivity index (χ3v) is 5.93. The summed E-state index contributed by atoms with van der Waals surface area (Å²) >= 11 is 0. The van der Waals surface area contributed by atoms with Gasteiger partial charge in [0.15, 0.2) is 0 Å². The number of rotatable bonds is 4. The number of nitrogens with one attached hydrogen (secondary N) is 1. The van der Waals surface area contributed by atoms with E-state index in [4.69, 9.17) is 9.72 Å². The Morgan fingerprint density at radius 1 is 1.26 bits per heavy atom. The van der Waals surface area contributed by atoms with Crippen LogP contribution in [0.1, 0.15) is 18.2 Å². The average Bonchev–Trinajstić information content (AvgIpc) is 3.38. The summed E-state index contributed by atoms with van der Waals surface area (Å²) in [5, 5.41) is 19.3. The number of H-pyrrole nitrogens is 1. The van der Waals surface area contributed by atoms with E-state index in [2.05, 4.69) is 39.3 Å². The molecule has 1 fully saturated rings. The summed E-state index contributed by atoms with van der Waals surface area (Å²) in [7, 11) is 1.91. The molecule has 5 rings (SSSR count). The zero-order valence-electron chi connectivity index (χ0n) is 18.0. The number of anilines is 1. The molecule has 0 unspecified atom stereocenters. The molecule has 4 aromatic rings. The Balaban J connectivity index is 1.75. The second-order valence-corrected chi connectivity index (χ2v) is 8.10. The molecule has 1 aliphatic rings. The van der Waals surface area contributed by atoms with Crippen molar-refractivity contribution in [1.82, 2.24) is 25.0 Å². The molecule has 31 heavy (non-hydrogen) atoms. The number of aryl methyl sites for hydroxylation is 2. The van der Waals surface area contributed by atoms with Gasteiger partial charge < -0.3 is 19.7 Å². The highest BCUT2D eigenvalue weighted by molar-refractivity contribution is 5.95. The number of aliphatic hydroxyl groups excluding tert-OH is 1. The molecule has 0 spiro atoms. The van der Waals surface area contributed by atoms with Crippen molar-refractivity contribution in [3.63, 3.8) is 0 Å². The minimum atomic E-state index is -0.0280. The van der Waals surface area contributed by atoms with Crippen LogP contribution < -0.4 is 4.90 Å². The summed E-state index contributed by atoms with van der Waals surface area (Å²) in [5.41, 5.74) is 6.52. The Hall–Kier alpha value is -3.23. The van der Waals surface area contributed by atoms with Crippen molar-refractivity contribution in [1.29, 1.82) is 0 Å². The van der Waals surface area contributed by atoms with Gasteiger partial charge >= 0.3 is 0 Å². The maximum Gasteiger partial charge on any atom is 0.130 e. The molecular weight excluding hydrogens is 392 g/mol. The van der Waals surface area contributed by atoms with E-state index in [-0.39, 0.29) is 12.6 Å². The summed E-state index contributed by atoms with van der Waals surface area (Å²) in [6.07, 6.45) is 1.92. The number of aliphatic hydroxyl groups is 1. The minimum absolute atomic E-state index is 0.0280. The van der Waals surface area contributed by atoms with E-state index >= 15 is 0 Å². The first kappa shape index (κ1) is 19.7. The van der Waals surface area contributed by atoms with Gasteiger partial charge in [-0.3, -0.25) is 0 Å². The van der Waals surface area contributed by atoms with E-state index in [0.29, 0.717) is 13.2 Å². The number of aromatic nitrogens is 5. The molecule has 0 radical (unpaired) electrons. The first-order valence-electron chi connectivity index (χ1n) is 10.5. The number of morpholine rings is 1. The molecule has 0 bridgehead atoms. The van der Waals surface area contributed by atoms with Gasteiger partial charge in [0.2, 0.25) is 0 Å². The van der Waals surface area contributed by atoms with Crippen molar-refractivity contribution >= 4 is 16.7 Å². The number of hydrogen-bond acceptors (Lipinski definition) is 6. The lowest BCUT2D eigenvalue weighted by Crippen LogP contribution is -2.44. The molecule has 0 amide bonds. The number of benzene rings is 1. The van der Waals surface area contributed by atoms with Crippen LogP contribution in [0.4, 0.5) is 5.82 Å². The normalized spacial score (nSPS) is 16.9. The van der Waals surface area contributed by atoms with Crippen LogP contribution in [0, 0.1) is 6.92 Å². The van der Waals surface area contributed by atoms with Crippen molar-refractivity contribution in [3.8, 4) is 22.5 Å². The van der Waals surface area contributed by atoms with Crippen LogP contribution in [-0.4, -0.2) is 55.9 Å².